The van der Waals surface area contributed by atoms with Crippen LogP contribution >= 0.6 is 0 Å². The van der Waals surface area contributed by atoms with Gasteiger partial charge in [-0.25, -0.2) is 4.39 Å². The Morgan fingerprint density at radius 3 is 2.48 bits per heavy atom. The molecular formula is C16H23FN2O2. The Kier molecular flexibility index (Phi) is 4.35. The van der Waals surface area contributed by atoms with E-state index in [0.29, 0.717) is 13.0 Å². The third-order valence-corrected chi connectivity index (χ3v) is 3.85. The third kappa shape index (κ3) is 3.60. The largest absolute Gasteiger partial charge is 0.379 e. The van der Waals surface area contributed by atoms with Crippen LogP contribution in [0.3, 0.4) is 0 Å². The van der Waals surface area contributed by atoms with Crippen molar-refractivity contribution < 1.29 is 13.9 Å². The topological polar surface area (TPSA) is 64.4 Å². The molecule has 0 aromatic heterocycles. The molecule has 2 atom stereocenters. The van der Waals surface area contributed by atoms with Crippen molar-refractivity contribution in [3.8, 4) is 0 Å². The highest BCUT2D eigenvalue weighted by molar-refractivity contribution is 5.87. The second-order valence-corrected chi connectivity index (χ2v) is 6.78. The highest BCUT2D eigenvalue weighted by atomic mass is 19.1. The maximum absolute atomic E-state index is 13.1. The number of ether oxygens (including phenoxy) is 1. The summed E-state index contributed by atoms with van der Waals surface area (Å²) in [6.07, 6.45) is 0.513. The Balaban J connectivity index is 2.21. The first-order chi connectivity index (χ1) is 9.72. The predicted octanol–water partition coefficient (Wildman–Crippen LogP) is 2.15. The average molecular weight is 294 g/mol. The van der Waals surface area contributed by atoms with Crippen molar-refractivity contribution in [1.82, 2.24) is 5.32 Å². The Labute approximate surface area is 124 Å². The SMILES string of the molecule is CC(C)(C)C(NC(=O)C1(N)CCOC1)c1ccc(F)cc1. The molecule has 21 heavy (non-hydrogen) atoms. The molecular weight excluding hydrogens is 271 g/mol. The molecule has 1 aromatic rings. The van der Waals surface area contributed by atoms with Crippen LogP contribution in [0.2, 0.25) is 0 Å². The quantitative estimate of drug-likeness (QED) is 0.898. The molecule has 0 spiro atoms. The zero-order valence-corrected chi connectivity index (χ0v) is 12.8. The summed E-state index contributed by atoms with van der Waals surface area (Å²) in [5, 5.41) is 3.01. The standard InChI is InChI=1S/C16H23FN2O2/c1-15(2,3)13(11-4-6-12(17)7-5-11)19-14(20)16(18)8-9-21-10-16/h4-7,13H,8-10,18H2,1-3H3,(H,19,20). The van der Waals surface area contributed by atoms with Gasteiger partial charge in [0, 0.05) is 6.61 Å². The highest BCUT2D eigenvalue weighted by Crippen LogP contribution is 2.33. The van der Waals surface area contributed by atoms with Gasteiger partial charge in [0.2, 0.25) is 5.91 Å². The van der Waals surface area contributed by atoms with E-state index < -0.39 is 5.54 Å². The van der Waals surface area contributed by atoms with E-state index in [1.54, 1.807) is 12.1 Å². The monoisotopic (exact) mass is 294 g/mol. The summed E-state index contributed by atoms with van der Waals surface area (Å²) >= 11 is 0. The lowest BCUT2D eigenvalue weighted by Gasteiger charge is -2.34. The Hall–Kier alpha value is -1.46. The Bertz CT molecular complexity index is 502. The number of carbonyl (C=O) groups is 1. The summed E-state index contributed by atoms with van der Waals surface area (Å²) < 4.78 is 18.3. The fraction of sp³-hybridized carbons (Fsp3) is 0.562. The van der Waals surface area contributed by atoms with Crippen LogP contribution in [-0.2, 0) is 9.53 Å². The van der Waals surface area contributed by atoms with Crippen LogP contribution < -0.4 is 11.1 Å². The molecule has 1 heterocycles. The van der Waals surface area contributed by atoms with Gasteiger partial charge in [0.05, 0.1) is 12.6 Å². The zero-order chi connectivity index (χ0) is 15.7. The molecule has 1 aliphatic heterocycles. The van der Waals surface area contributed by atoms with Crippen LogP contribution in [0.5, 0.6) is 0 Å². The first kappa shape index (κ1) is 15.9. The molecule has 1 saturated heterocycles. The van der Waals surface area contributed by atoms with Gasteiger partial charge in [-0.05, 0) is 29.5 Å². The van der Waals surface area contributed by atoms with Crippen LogP contribution in [-0.4, -0.2) is 24.7 Å². The van der Waals surface area contributed by atoms with E-state index in [1.807, 2.05) is 20.8 Å². The number of amides is 1. The van der Waals surface area contributed by atoms with Crippen molar-refractivity contribution >= 4 is 5.91 Å². The predicted molar refractivity (Wildman–Crippen MR) is 79.1 cm³/mol. The number of nitrogens with two attached hydrogens (primary N) is 1. The number of halogens is 1. The lowest BCUT2D eigenvalue weighted by molar-refractivity contribution is -0.128. The van der Waals surface area contributed by atoms with Crippen molar-refractivity contribution in [1.29, 1.82) is 0 Å². The molecule has 1 aromatic carbocycles. The summed E-state index contributed by atoms with van der Waals surface area (Å²) in [6, 6.07) is 5.94. The molecule has 2 unspecified atom stereocenters. The van der Waals surface area contributed by atoms with Crippen molar-refractivity contribution in [2.75, 3.05) is 13.2 Å². The molecule has 0 radical (unpaired) electrons. The molecule has 1 amide bonds. The van der Waals surface area contributed by atoms with Crippen LogP contribution in [0.1, 0.15) is 38.8 Å². The van der Waals surface area contributed by atoms with Gasteiger partial charge in [0.1, 0.15) is 11.4 Å². The zero-order valence-electron chi connectivity index (χ0n) is 12.8. The van der Waals surface area contributed by atoms with Crippen LogP contribution in [0.25, 0.3) is 0 Å². The van der Waals surface area contributed by atoms with Gasteiger partial charge in [-0.1, -0.05) is 32.9 Å². The summed E-state index contributed by atoms with van der Waals surface area (Å²) in [4.78, 5) is 12.5. The smallest absolute Gasteiger partial charge is 0.243 e. The molecule has 3 N–H and O–H groups in total. The molecule has 116 valence electrons. The lowest BCUT2D eigenvalue weighted by Crippen LogP contribution is -2.56. The minimum Gasteiger partial charge on any atom is -0.379 e. The van der Waals surface area contributed by atoms with E-state index >= 15 is 0 Å². The maximum Gasteiger partial charge on any atom is 0.243 e. The second kappa shape index (κ2) is 5.73. The molecule has 1 aliphatic rings. The lowest BCUT2D eigenvalue weighted by atomic mass is 9.81. The van der Waals surface area contributed by atoms with E-state index in [4.69, 9.17) is 10.5 Å². The normalized spacial score (nSPS) is 23.9. The van der Waals surface area contributed by atoms with E-state index in [1.165, 1.54) is 12.1 Å². The molecule has 0 bridgehead atoms. The Morgan fingerprint density at radius 2 is 2.00 bits per heavy atom. The van der Waals surface area contributed by atoms with Gasteiger partial charge in [0.25, 0.3) is 0 Å². The van der Waals surface area contributed by atoms with Gasteiger partial charge in [-0.2, -0.15) is 0 Å². The first-order valence-electron chi connectivity index (χ1n) is 7.15. The summed E-state index contributed by atoms with van der Waals surface area (Å²) in [7, 11) is 0. The second-order valence-electron chi connectivity index (χ2n) is 6.78. The fourth-order valence-electron chi connectivity index (χ4n) is 2.49. The van der Waals surface area contributed by atoms with Crippen molar-refractivity contribution in [3.05, 3.63) is 35.6 Å². The molecule has 0 saturated carbocycles. The van der Waals surface area contributed by atoms with Crippen LogP contribution in [0.15, 0.2) is 24.3 Å². The van der Waals surface area contributed by atoms with Gasteiger partial charge < -0.3 is 15.8 Å². The highest BCUT2D eigenvalue weighted by Gasteiger charge is 2.40. The number of carbonyl (C=O) groups excluding carboxylic acids is 1. The van der Waals surface area contributed by atoms with Gasteiger partial charge >= 0.3 is 0 Å². The average Bonchev–Trinajstić information content (AvgIpc) is 2.84. The summed E-state index contributed by atoms with van der Waals surface area (Å²) in [5.41, 5.74) is 5.77. The number of hydrogen-bond donors (Lipinski definition) is 2. The van der Waals surface area contributed by atoms with E-state index in [9.17, 15) is 9.18 Å². The molecule has 0 aliphatic carbocycles. The number of rotatable bonds is 3. The van der Waals surface area contributed by atoms with Crippen molar-refractivity contribution in [2.24, 2.45) is 11.1 Å². The molecule has 4 nitrogen and oxygen atoms in total. The Morgan fingerprint density at radius 1 is 1.38 bits per heavy atom. The van der Waals surface area contributed by atoms with Crippen LogP contribution in [0, 0.1) is 11.2 Å². The summed E-state index contributed by atoms with van der Waals surface area (Å²) in [6.45, 7) is 6.81. The number of nitrogens with one attached hydrogen (secondary N) is 1. The molecule has 1 fully saturated rings. The number of hydrogen-bond acceptors (Lipinski definition) is 3. The van der Waals surface area contributed by atoms with Gasteiger partial charge in [0.15, 0.2) is 0 Å². The third-order valence-electron chi connectivity index (χ3n) is 3.85. The first-order valence-corrected chi connectivity index (χ1v) is 7.15. The minimum atomic E-state index is -0.969. The number of benzene rings is 1. The minimum absolute atomic E-state index is 0.218. The van der Waals surface area contributed by atoms with E-state index in [0.717, 1.165) is 5.56 Å². The van der Waals surface area contributed by atoms with Gasteiger partial charge in [-0.3, -0.25) is 4.79 Å². The maximum atomic E-state index is 13.1. The summed E-state index contributed by atoms with van der Waals surface area (Å²) in [5.74, 6) is -0.513. The molecule has 2 rings (SSSR count). The fourth-order valence-corrected chi connectivity index (χ4v) is 2.49. The molecule has 5 heteroatoms. The van der Waals surface area contributed by atoms with Crippen molar-refractivity contribution in [2.45, 2.75) is 38.8 Å². The van der Waals surface area contributed by atoms with Crippen molar-refractivity contribution in [3.63, 3.8) is 0 Å². The van der Waals surface area contributed by atoms with Gasteiger partial charge in [-0.15, -0.1) is 0 Å². The van der Waals surface area contributed by atoms with E-state index in [-0.39, 0.29) is 29.8 Å². The van der Waals surface area contributed by atoms with Crippen LogP contribution in [0.4, 0.5) is 4.39 Å². The van der Waals surface area contributed by atoms with E-state index in [2.05, 4.69) is 5.32 Å².